The summed E-state index contributed by atoms with van der Waals surface area (Å²) in [7, 11) is 0. The van der Waals surface area contributed by atoms with Crippen LogP contribution in [0.2, 0.25) is 0 Å². The molecule has 0 atom stereocenters. The van der Waals surface area contributed by atoms with Crippen LogP contribution in [0.1, 0.15) is 32.1 Å². The first-order valence-electron chi connectivity index (χ1n) is 8.86. The minimum atomic E-state index is -0.323. The quantitative estimate of drug-likeness (QED) is 0.807. The molecular weight excluding hydrogens is 344 g/mol. The van der Waals surface area contributed by atoms with E-state index in [0.29, 0.717) is 32.7 Å². The van der Waals surface area contributed by atoms with Crippen molar-refractivity contribution >= 4 is 18.2 Å². The van der Waals surface area contributed by atoms with Gasteiger partial charge in [-0.3, -0.25) is 14.4 Å². The molecule has 0 radical (unpaired) electrons. The molecule has 1 aliphatic rings. The minimum Gasteiger partial charge on any atom is -0.347 e. The zero-order valence-corrected chi connectivity index (χ0v) is 15.2. The first-order valence-corrected chi connectivity index (χ1v) is 8.86. The van der Waals surface area contributed by atoms with E-state index in [0.717, 1.165) is 17.5 Å². The Labute approximate surface area is 158 Å². The molecule has 1 aromatic heterocycles. The summed E-state index contributed by atoms with van der Waals surface area (Å²) < 4.78 is 0. The zero-order valence-electron chi connectivity index (χ0n) is 15.2. The Morgan fingerprint density at radius 2 is 1.70 bits per heavy atom. The van der Waals surface area contributed by atoms with Gasteiger partial charge in [-0.2, -0.15) is 0 Å². The fourth-order valence-corrected chi connectivity index (χ4v) is 2.85. The van der Waals surface area contributed by atoms with Crippen LogP contribution in [0.5, 0.6) is 0 Å². The maximum absolute atomic E-state index is 12.6. The van der Waals surface area contributed by atoms with Crippen molar-refractivity contribution < 1.29 is 14.4 Å². The number of aryl methyl sites for hydroxylation is 1. The third-order valence-electron chi connectivity index (χ3n) is 4.53. The Morgan fingerprint density at radius 3 is 2.37 bits per heavy atom. The number of nitrogens with zero attached hydrogens (tertiary/aromatic N) is 3. The number of hydrogen-bond acceptors (Lipinski definition) is 4. The Bertz CT molecular complexity index is 827. The van der Waals surface area contributed by atoms with Crippen molar-refractivity contribution in [2.24, 2.45) is 0 Å². The van der Waals surface area contributed by atoms with Crippen LogP contribution in [0.4, 0.5) is 0 Å². The van der Waals surface area contributed by atoms with Gasteiger partial charge in [-0.25, -0.2) is 4.98 Å². The number of carbonyl (C=O) groups is 3. The summed E-state index contributed by atoms with van der Waals surface area (Å²) in [6.45, 7) is 4.34. The highest BCUT2D eigenvalue weighted by Crippen LogP contribution is 2.08. The molecule has 0 bridgehead atoms. The molecule has 1 aromatic carbocycles. The molecule has 2 aromatic rings. The number of hydrogen-bond donors (Lipinski definition) is 1. The molecule has 7 heteroatoms. The molecule has 1 fully saturated rings. The number of rotatable bonds is 5. The van der Waals surface area contributed by atoms with E-state index in [1.165, 1.54) is 0 Å². The Balaban J connectivity index is 1.62. The largest absolute Gasteiger partial charge is 0.347 e. The lowest BCUT2D eigenvalue weighted by atomic mass is 10.1. The summed E-state index contributed by atoms with van der Waals surface area (Å²) in [5.74, 6) is -0.551. The summed E-state index contributed by atoms with van der Waals surface area (Å²) >= 11 is 0. The van der Waals surface area contributed by atoms with Gasteiger partial charge in [0.05, 0.1) is 0 Å². The SMILES string of the molecule is Cc1ccc(CNC(=O)c2cccc(C(=O)N3CCN(C=O)CC3)n2)cc1. The van der Waals surface area contributed by atoms with Gasteiger partial charge < -0.3 is 15.1 Å². The van der Waals surface area contributed by atoms with Crippen LogP contribution in [0, 0.1) is 6.92 Å². The molecule has 1 N–H and O–H groups in total. The number of aromatic nitrogens is 1. The van der Waals surface area contributed by atoms with Crippen molar-refractivity contribution in [2.75, 3.05) is 26.2 Å². The van der Waals surface area contributed by atoms with Gasteiger partial charge in [-0.15, -0.1) is 0 Å². The number of amides is 3. The third-order valence-corrected chi connectivity index (χ3v) is 4.53. The van der Waals surface area contributed by atoms with Crippen molar-refractivity contribution in [1.29, 1.82) is 0 Å². The number of carbonyl (C=O) groups excluding carboxylic acids is 3. The molecule has 0 aliphatic carbocycles. The molecule has 27 heavy (non-hydrogen) atoms. The van der Waals surface area contributed by atoms with Gasteiger partial charge in [0.1, 0.15) is 11.4 Å². The number of pyridine rings is 1. The lowest BCUT2D eigenvalue weighted by molar-refractivity contribution is -0.119. The van der Waals surface area contributed by atoms with Crippen molar-refractivity contribution in [3.63, 3.8) is 0 Å². The molecule has 140 valence electrons. The molecule has 3 rings (SSSR count). The zero-order chi connectivity index (χ0) is 19.2. The first kappa shape index (κ1) is 18.6. The van der Waals surface area contributed by atoms with Crippen molar-refractivity contribution in [2.45, 2.75) is 13.5 Å². The van der Waals surface area contributed by atoms with Gasteiger partial charge in [-0.1, -0.05) is 35.9 Å². The van der Waals surface area contributed by atoms with E-state index >= 15 is 0 Å². The Hall–Kier alpha value is -3.22. The van der Waals surface area contributed by atoms with E-state index in [2.05, 4.69) is 10.3 Å². The van der Waals surface area contributed by atoms with Crippen LogP contribution in [0.25, 0.3) is 0 Å². The standard InChI is InChI=1S/C20H22N4O3/c1-15-5-7-16(8-6-15)13-21-19(26)17-3-2-4-18(22-17)20(27)24-11-9-23(14-25)10-12-24/h2-8,14H,9-13H2,1H3,(H,21,26). The van der Waals surface area contributed by atoms with E-state index < -0.39 is 0 Å². The molecule has 7 nitrogen and oxygen atoms in total. The van der Waals surface area contributed by atoms with Crippen molar-refractivity contribution in [3.05, 3.63) is 65.0 Å². The van der Waals surface area contributed by atoms with E-state index in [1.54, 1.807) is 28.0 Å². The smallest absolute Gasteiger partial charge is 0.272 e. The minimum absolute atomic E-state index is 0.208. The number of benzene rings is 1. The molecule has 0 unspecified atom stereocenters. The van der Waals surface area contributed by atoms with E-state index in [4.69, 9.17) is 0 Å². The monoisotopic (exact) mass is 366 g/mol. The number of nitrogens with one attached hydrogen (secondary N) is 1. The van der Waals surface area contributed by atoms with Crippen LogP contribution in [0.3, 0.4) is 0 Å². The van der Waals surface area contributed by atoms with Crippen LogP contribution in [-0.2, 0) is 11.3 Å². The second-order valence-corrected chi connectivity index (χ2v) is 6.51. The first-order chi connectivity index (χ1) is 13.1. The van der Waals surface area contributed by atoms with E-state index in [-0.39, 0.29) is 23.2 Å². The normalized spacial score (nSPS) is 14.0. The Morgan fingerprint density at radius 1 is 1.04 bits per heavy atom. The second kappa shape index (κ2) is 8.44. The Kier molecular flexibility index (Phi) is 5.80. The van der Waals surface area contributed by atoms with Crippen LogP contribution >= 0.6 is 0 Å². The summed E-state index contributed by atoms with van der Waals surface area (Å²) in [5, 5.41) is 2.82. The van der Waals surface area contributed by atoms with Crippen LogP contribution in [-0.4, -0.2) is 59.2 Å². The third kappa shape index (κ3) is 4.69. The van der Waals surface area contributed by atoms with Gasteiger partial charge in [0.2, 0.25) is 6.41 Å². The average Bonchev–Trinajstić information content (AvgIpc) is 2.72. The van der Waals surface area contributed by atoms with Crippen LogP contribution < -0.4 is 5.32 Å². The molecule has 0 spiro atoms. The van der Waals surface area contributed by atoms with Gasteiger partial charge in [0.25, 0.3) is 11.8 Å². The lowest BCUT2D eigenvalue weighted by Crippen LogP contribution is -2.48. The predicted octanol–water partition coefficient (Wildman–Crippen LogP) is 1.23. The molecule has 3 amide bonds. The van der Waals surface area contributed by atoms with Gasteiger partial charge in [0.15, 0.2) is 0 Å². The van der Waals surface area contributed by atoms with Gasteiger partial charge in [-0.05, 0) is 24.6 Å². The van der Waals surface area contributed by atoms with Crippen molar-refractivity contribution in [1.82, 2.24) is 20.1 Å². The van der Waals surface area contributed by atoms with Crippen LogP contribution in [0.15, 0.2) is 42.5 Å². The maximum atomic E-state index is 12.6. The second-order valence-electron chi connectivity index (χ2n) is 6.51. The summed E-state index contributed by atoms with van der Waals surface area (Å²) in [4.78, 5) is 43.3. The topological polar surface area (TPSA) is 82.6 Å². The summed E-state index contributed by atoms with van der Waals surface area (Å²) in [5.41, 5.74) is 2.60. The highest BCUT2D eigenvalue weighted by atomic mass is 16.2. The summed E-state index contributed by atoms with van der Waals surface area (Å²) in [6, 6.07) is 12.7. The van der Waals surface area contributed by atoms with Crippen molar-refractivity contribution in [3.8, 4) is 0 Å². The summed E-state index contributed by atoms with van der Waals surface area (Å²) in [6.07, 6.45) is 0.791. The lowest BCUT2D eigenvalue weighted by Gasteiger charge is -2.32. The predicted molar refractivity (Wildman–Crippen MR) is 100 cm³/mol. The molecular formula is C20H22N4O3. The van der Waals surface area contributed by atoms with Gasteiger partial charge >= 0.3 is 0 Å². The fraction of sp³-hybridized carbons (Fsp3) is 0.300. The molecule has 1 saturated heterocycles. The average molecular weight is 366 g/mol. The maximum Gasteiger partial charge on any atom is 0.272 e. The van der Waals surface area contributed by atoms with Gasteiger partial charge in [0, 0.05) is 32.7 Å². The molecule has 2 heterocycles. The molecule has 1 aliphatic heterocycles. The highest BCUT2D eigenvalue weighted by Gasteiger charge is 2.22. The van der Waals surface area contributed by atoms with E-state index in [9.17, 15) is 14.4 Å². The number of piperazine rings is 1. The highest BCUT2D eigenvalue weighted by molar-refractivity contribution is 5.96. The molecule has 0 saturated carbocycles. The van der Waals surface area contributed by atoms with E-state index in [1.807, 2.05) is 31.2 Å². The fourth-order valence-electron chi connectivity index (χ4n) is 2.85.